The molecule has 0 unspecified atom stereocenters. The van der Waals surface area contributed by atoms with E-state index >= 15 is 0 Å². The average molecular weight is 278 g/mol. The molecule has 8 heteroatoms. The molecule has 0 amide bonds. The molecular weight excluding hydrogens is 268 g/mol. The lowest BCUT2D eigenvalue weighted by atomic mass is 10.3. The number of hydrogen-bond donors (Lipinski definition) is 3. The Hall–Kier alpha value is -2.37. The van der Waals surface area contributed by atoms with Crippen LogP contribution in [0.5, 0.6) is 0 Å². The van der Waals surface area contributed by atoms with Crippen LogP contribution in [-0.2, 0) is 10.0 Å². The van der Waals surface area contributed by atoms with Gasteiger partial charge in [-0.25, -0.2) is 8.42 Å². The summed E-state index contributed by atoms with van der Waals surface area (Å²) in [5, 5.41) is 14.7. The lowest BCUT2D eigenvalue weighted by Crippen LogP contribution is -2.13. The fourth-order valence-corrected chi connectivity index (χ4v) is 2.32. The Morgan fingerprint density at radius 3 is 2.89 bits per heavy atom. The van der Waals surface area contributed by atoms with Gasteiger partial charge in [0.2, 0.25) is 0 Å². The van der Waals surface area contributed by atoms with Crippen molar-refractivity contribution < 1.29 is 13.5 Å². The average Bonchev–Trinajstić information content (AvgIpc) is 2.89. The predicted molar refractivity (Wildman–Crippen MR) is 67.6 cm³/mol. The van der Waals surface area contributed by atoms with E-state index < -0.39 is 10.0 Å². The van der Waals surface area contributed by atoms with Crippen LogP contribution in [-0.4, -0.2) is 35.3 Å². The Morgan fingerprint density at radius 2 is 2.21 bits per heavy atom. The molecule has 2 heterocycles. The molecule has 2 aromatic heterocycles. The quantitative estimate of drug-likeness (QED) is 0.682. The van der Waals surface area contributed by atoms with Gasteiger partial charge in [-0.1, -0.05) is 11.8 Å². The molecule has 0 fully saturated rings. The largest absolute Gasteiger partial charge is 0.384 e. The van der Waals surface area contributed by atoms with Crippen LogP contribution in [0.1, 0.15) is 5.56 Å². The van der Waals surface area contributed by atoms with Crippen LogP contribution in [0.4, 0.5) is 5.69 Å². The van der Waals surface area contributed by atoms with E-state index in [2.05, 4.69) is 31.7 Å². The van der Waals surface area contributed by atoms with Crippen molar-refractivity contribution in [2.45, 2.75) is 4.90 Å². The minimum atomic E-state index is -3.73. The summed E-state index contributed by atoms with van der Waals surface area (Å²) in [4.78, 5) is 3.79. The van der Waals surface area contributed by atoms with Crippen LogP contribution >= 0.6 is 0 Å². The van der Waals surface area contributed by atoms with E-state index in [-0.39, 0.29) is 11.5 Å². The van der Waals surface area contributed by atoms with Gasteiger partial charge in [-0.15, -0.1) is 0 Å². The normalized spacial score (nSPS) is 10.6. The van der Waals surface area contributed by atoms with Gasteiger partial charge in [0.25, 0.3) is 10.0 Å². The molecular formula is C11H10N4O3S. The summed E-state index contributed by atoms with van der Waals surface area (Å²) in [6.45, 7) is -0.301. The van der Waals surface area contributed by atoms with Crippen LogP contribution in [0.3, 0.4) is 0 Å². The summed E-state index contributed by atoms with van der Waals surface area (Å²) in [5.41, 5.74) is 0.732. The van der Waals surface area contributed by atoms with Crippen molar-refractivity contribution in [1.29, 1.82) is 0 Å². The van der Waals surface area contributed by atoms with Gasteiger partial charge in [-0.3, -0.25) is 14.8 Å². The van der Waals surface area contributed by atoms with Crippen LogP contribution in [0.25, 0.3) is 0 Å². The smallest absolute Gasteiger partial charge is 0.263 e. The summed E-state index contributed by atoms with van der Waals surface area (Å²) in [6.07, 6.45) is 5.40. The number of anilines is 1. The van der Waals surface area contributed by atoms with E-state index in [4.69, 9.17) is 5.11 Å². The van der Waals surface area contributed by atoms with Crippen molar-refractivity contribution in [2.24, 2.45) is 0 Å². The van der Waals surface area contributed by atoms with Crippen LogP contribution < -0.4 is 4.72 Å². The molecule has 0 spiro atoms. The highest BCUT2D eigenvalue weighted by atomic mass is 32.2. The molecule has 3 N–H and O–H groups in total. The number of aliphatic hydroxyl groups is 1. The van der Waals surface area contributed by atoms with Gasteiger partial charge in [0.05, 0.1) is 11.9 Å². The number of pyridine rings is 1. The molecule has 98 valence electrons. The van der Waals surface area contributed by atoms with Gasteiger partial charge in [0, 0.05) is 24.2 Å². The summed E-state index contributed by atoms with van der Waals surface area (Å²) < 4.78 is 26.4. The maximum atomic E-state index is 12.0. The Kier molecular flexibility index (Phi) is 3.79. The molecule has 19 heavy (non-hydrogen) atoms. The molecule has 0 bridgehead atoms. The number of aromatic amines is 1. The summed E-state index contributed by atoms with van der Waals surface area (Å²) in [5.74, 6) is 5.02. The maximum Gasteiger partial charge on any atom is 0.263 e. The topological polar surface area (TPSA) is 108 Å². The van der Waals surface area contributed by atoms with Crippen molar-refractivity contribution in [1.82, 2.24) is 15.2 Å². The second-order valence-electron chi connectivity index (χ2n) is 3.46. The molecule has 2 rings (SSSR count). The van der Waals surface area contributed by atoms with Crippen molar-refractivity contribution in [3.05, 3.63) is 36.4 Å². The predicted octanol–water partition coefficient (Wildman–Crippen LogP) is -0.0507. The third-order valence-corrected chi connectivity index (χ3v) is 3.43. The van der Waals surface area contributed by atoms with E-state index in [0.717, 1.165) is 0 Å². The number of hydrogen-bond acceptors (Lipinski definition) is 5. The Morgan fingerprint density at radius 1 is 1.37 bits per heavy atom. The van der Waals surface area contributed by atoms with Gasteiger partial charge in [-0.2, -0.15) is 5.10 Å². The molecule has 2 aromatic rings. The van der Waals surface area contributed by atoms with Crippen molar-refractivity contribution in [3.63, 3.8) is 0 Å². The SMILES string of the molecule is O=S(=O)(Nc1cn[nH]c1)c1cncc(C#CCO)c1. The van der Waals surface area contributed by atoms with Crippen molar-refractivity contribution in [3.8, 4) is 11.8 Å². The number of rotatable bonds is 3. The minimum Gasteiger partial charge on any atom is -0.384 e. The molecule has 0 aliphatic carbocycles. The van der Waals surface area contributed by atoms with Gasteiger partial charge < -0.3 is 5.11 Å². The summed E-state index contributed by atoms with van der Waals surface area (Å²) in [6, 6.07) is 1.37. The van der Waals surface area contributed by atoms with Crippen LogP contribution in [0.15, 0.2) is 35.7 Å². The molecule has 0 saturated carbocycles. The fourth-order valence-electron chi connectivity index (χ4n) is 1.30. The summed E-state index contributed by atoms with van der Waals surface area (Å²) >= 11 is 0. The Bertz CT molecular complexity index is 714. The zero-order valence-electron chi connectivity index (χ0n) is 9.66. The molecule has 0 saturated heterocycles. The van der Waals surface area contributed by atoms with E-state index in [1.54, 1.807) is 0 Å². The van der Waals surface area contributed by atoms with Crippen LogP contribution in [0, 0.1) is 11.8 Å². The second-order valence-corrected chi connectivity index (χ2v) is 5.14. The molecule has 0 atom stereocenters. The van der Waals surface area contributed by atoms with E-state index in [1.165, 1.54) is 30.9 Å². The second kappa shape index (κ2) is 5.51. The molecule has 0 radical (unpaired) electrons. The number of H-pyrrole nitrogens is 1. The van der Waals surface area contributed by atoms with Crippen LogP contribution in [0.2, 0.25) is 0 Å². The third kappa shape index (κ3) is 3.31. The minimum absolute atomic E-state index is 0.0153. The van der Waals surface area contributed by atoms with Crippen molar-refractivity contribution >= 4 is 15.7 Å². The first-order valence-electron chi connectivity index (χ1n) is 5.18. The molecule has 0 aromatic carbocycles. The monoisotopic (exact) mass is 278 g/mol. The first-order chi connectivity index (χ1) is 9.12. The van der Waals surface area contributed by atoms with E-state index in [9.17, 15) is 8.42 Å². The number of aromatic nitrogens is 3. The van der Waals surface area contributed by atoms with Crippen molar-refractivity contribution in [2.75, 3.05) is 11.3 Å². The number of nitrogens with one attached hydrogen (secondary N) is 2. The zero-order chi connectivity index (χ0) is 13.7. The van der Waals surface area contributed by atoms with Gasteiger partial charge >= 0.3 is 0 Å². The zero-order valence-corrected chi connectivity index (χ0v) is 10.5. The lowest BCUT2D eigenvalue weighted by molar-refractivity contribution is 0.350. The highest BCUT2D eigenvalue weighted by molar-refractivity contribution is 7.92. The third-order valence-electron chi connectivity index (χ3n) is 2.09. The van der Waals surface area contributed by atoms with Gasteiger partial charge in [-0.05, 0) is 6.07 Å². The number of nitrogens with zero attached hydrogens (tertiary/aromatic N) is 2. The molecule has 0 aliphatic rings. The molecule has 0 aliphatic heterocycles. The first-order valence-corrected chi connectivity index (χ1v) is 6.66. The summed E-state index contributed by atoms with van der Waals surface area (Å²) in [7, 11) is -3.73. The fraction of sp³-hybridized carbons (Fsp3) is 0.0909. The van der Waals surface area contributed by atoms with Gasteiger partial charge in [0.15, 0.2) is 0 Å². The first kappa shape index (κ1) is 13.1. The number of sulfonamides is 1. The maximum absolute atomic E-state index is 12.0. The lowest BCUT2D eigenvalue weighted by Gasteiger charge is -2.05. The highest BCUT2D eigenvalue weighted by Crippen LogP contribution is 2.14. The number of aliphatic hydroxyl groups excluding tert-OH is 1. The Labute approximate surface area is 109 Å². The Balaban J connectivity index is 2.30. The standard InChI is InChI=1S/C11H10N4O3S/c16-3-1-2-9-4-11(8-12-5-9)19(17,18)15-10-6-13-14-7-10/h4-8,15-16H,3H2,(H,13,14). The van der Waals surface area contributed by atoms with E-state index in [1.807, 2.05) is 0 Å². The highest BCUT2D eigenvalue weighted by Gasteiger charge is 2.15. The van der Waals surface area contributed by atoms with Gasteiger partial charge in [0.1, 0.15) is 11.5 Å². The molecule has 7 nitrogen and oxygen atoms in total. The van der Waals surface area contributed by atoms with E-state index in [0.29, 0.717) is 11.3 Å².